The lowest BCUT2D eigenvalue weighted by atomic mass is 10.1. The maximum atomic E-state index is 12.3. The Balaban J connectivity index is 1.77. The predicted molar refractivity (Wildman–Crippen MR) is 89.1 cm³/mol. The number of amides is 1. The third-order valence-corrected chi connectivity index (χ3v) is 3.53. The average molecular weight is 291 g/mol. The first kappa shape index (κ1) is 14.3. The molecule has 0 fully saturated rings. The Kier molecular flexibility index (Phi) is 4.17. The van der Waals surface area contributed by atoms with Crippen LogP contribution in [0.4, 0.5) is 5.69 Å². The third kappa shape index (κ3) is 3.15. The standard InChI is InChI=1S/C19H17NO2/c1-22-13-14-6-8-16(9-7-14)19(21)20-18-11-10-15-4-2-3-5-17(15)12-18/h2-12H,13H2,1H3,(H,20,21). The number of hydrogen-bond acceptors (Lipinski definition) is 2. The lowest BCUT2D eigenvalue weighted by molar-refractivity contribution is 0.102. The summed E-state index contributed by atoms with van der Waals surface area (Å²) in [5.41, 5.74) is 2.47. The number of carbonyl (C=O) groups is 1. The van der Waals surface area contributed by atoms with Gasteiger partial charge in [0.1, 0.15) is 0 Å². The summed E-state index contributed by atoms with van der Waals surface area (Å²) < 4.78 is 5.06. The number of benzene rings is 3. The van der Waals surface area contributed by atoms with E-state index in [9.17, 15) is 4.79 Å². The highest BCUT2D eigenvalue weighted by Crippen LogP contribution is 2.19. The quantitative estimate of drug-likeness (QED) is 0.781. The van der Waals surface area contributed by atoms with Crippen molar-refractivity contribution >= 4 is 22.4 Å². The van der Waals surface area contributed by atoms with E-state index in [-0.39, 0.29) is 5.91 Å². The van der Waals surface area contributed by atoms with E-state index in [2.05, 4.69) is 11.4 Å². The summed E-state index contributed by atoms with van der Waals surface area (Å²) in [6.07, 6.45) is 0. The van der Waals surface area contributed by atoms with Crippen LogP contribution in [-0.4, -0.2) is 13.0 Å². The molecule has 0 bridgehead atoms. The Morgan fingerprint density at radius 3 is 2.41 bits per heavy atom. The summed E-state index contributed by atoms with van der Waals surface area (Å²) in [7, 11) is 1.65. The number of hydrogen-bond donors (Lipinski definition) is 1. The molecule has 0 aromatic heterocycles. The number of anilines is 1. The van der Waals surface area contributed by atoms with Crippen LogP contribution in [0, 0.1) is 0 Å². The summed E-state index contributed by atoms with van der Waals surface area (Å²) in [5.74, 6) is -0.112. The fourth-order valence-corrected chi connectivity index (χ4v) is 2.39. The molecule has 0 radical (unpaired) electrons. The molecule has 0 saturated heterocycles. The molecule has 110 valence electrons. The van der Waals surface area contributed by atoms with Crippen molar-refractivity contribution in [3.05, 3.63) is 77.9 Å². The van der Waals surface area contributed by atoms with Gasteiger partial charge in [-0.05, 0) is 40.6 Å². The fraction of sp³-hybridized carbons (Fsp3) is 0.105. The molecule has 0 unspecified atom stereocenters. The first-order valence-corrected chi connectivity index (χ1v) is 7.14. The van der Waals surface area contributed by atoms with Gasteiger partial charge in [0.15, 0.2) is 0 Å². The first-order chi connectivity index (χ1) is 10.8. The fourth-order valence-electron chi connectivity index (χ4n) is 2.39. The van der Waals surface area contributed by atoms with Gasteiger partial charge < -0.3 is 10.1 Å². The van der Waals surface area contributed by atoms with Crippen LogP contribution in [0.1, 0.15) is 15.9 Å². The van der Waals surface area contributed by atoms with Gasteiger partial charge in [0.25, 0.3) is 5.91 Å². The Labute approximate surface area is 129 Å². The van der Waals surface area contributed by atoms with Crippen LogP contribution >= 0.6 is 0 Å². The van der Waals surface area contributed by atoms with E-state index in [1.165, 1.54) is 0 Å². The van der Waals surface area contributed by atoms with Crippen molar-refractivity contribution in [2.24, 2.45) is 0 Å². The maximum Gasteiger partial charge on any atom is 0.255 e. The Morgan fingerprint density at radius 1 is 0.955 bits per heavy atom. The zero-order valence-electron chi connectivity index (χ0n) is 12.4. The van der Waals surface area contributed by atoms with Crippen LogP contribution in [0.3, 0.4) is 0 Å². The highest BCUT2D eigenvalue weighted by Gasteiger charge is 2.06. The zero-order valence-corrected chi connectivity index (χ0v) is 12.4. The number of ether oxygens (including phenoxy) is 1. The predicted octanol–water partition coefficient (Wildman–Crippen LogP) is 4.24. The van der Waals surface area contributed by atoms with E-state index in [1.807, 2.05) is 60.7 Å². The van der Waals surface area contributed by atoms with E-state index >= 15 is 0 Å². The first-order valence-electron chi connectivity index (χ1n) is 7.14. The molecule has 1 amide bonds. The highest BCUT2D eigenvalue weighted by atomic mass is 16.5. The van der Waals surface area contributed by atoms with Gasteiger partial charge in [0.2, 0.25) is 0 Å². The summed E-state index contributed by atoms with van der Waals surface area (Å²) in [6, 6.07) is 21.4. The monoisotopic (exact) mass is 291 g/mol. The van der Waals surface area contributed by atoms with Gasteiger partial charge in [-0.25, -0.2) is 0 Å². The van der Waals surface area contributed by atoms with Crippen LogP contribution in [0.25, 0.3) is 10.8 Å². The van der Waals surface area contributed by atoms with Crippen molar-refractivity contribution in [3.63, 3.8) is 0 Å². The zero-order chi connectivity index (χ0) is 15.4. The molecule has 3 heteroatoms. The second-order valence-electron chi connectivity index (χ2n) is 5.15. The van der Waals surface area contributed by atoms with Crippen molar-refractivity contribution in [1.82, 2.24) is 0 Å². The number of rotatable bonds is 4. The van der Waals surface area contributed by atoms with E-state index in [0.29, 0.717) is 12.2 Å². The van der Waals surface area contributed by atoms with Crippen molar-refractivity contribution in [1.29, 1.82) is 0 Å². The molecule has 0 heterocycles. The van der Waals surface area contributed by atoms with Crippen molar-refractivity contribution in [2.45, 2.75) is 6.61 Å². The largest absolute Gasteiger partial charge is 0.380 e. The van der Waals surface area contributed by atoms with Crippen LogP contribution in [-0.2, 0) is 11.3 Å². The van der Waals surface area contributed by atoms with Gasteiger partial charge in [0, 0.05) is 18.4 Å². The number of nitrogens with one attached hydrogen (secondary N) is 1. The second kappa shape index (κ2) is 6.41. The van der Waals surface area contributed by atoms with Crippen LogP contribution in [0.2, 0.25) is 0 Å². The van der Waals surface area contributed by atoms with Gasteiger partial charge in [-0.1, -0.05) is 42.5 Å². The minimum absolute atomic E-state index is 0.112. The van der Waals surface area contributed by atoms with Crippen molar-refractivity contribution in [3.8, 4) is 0 Å². The molecule has 1 N–H and O–H groups in total. The highest BCUT2D eigenvalue weighted by molar-refractivity contribution is 6.05. The van der Waals surface area contributed by atoms with Gasteiger partial charge in [-0.15, -0.1) is 0 Å². The van der Waals surface area contributed by atoms with Gasteiger partial charge in [-0.2, -0.15) is 0 Å². The third-order valence-electron chi connectivity index (χ3n) is 3.53. The summed E-state index contributed by atoms with van der Waals surface area (Å²) >= 11 is 0. The Hall–Kier alpha value is -2.65. The normalized spacial score (nSPS) is 10.6. The molecule has 3 aromatic carbocycles. The summed E-state index contributed by atoms with van der Waals surface area (Å²) in [4.78, 5) is 12.3. The van der Waals surface area contributed by atoms with Gasteiger partial charge >= 0.3 is 0 Å². The van der Waals surface area contributed by atoms with Gasteiger partial charge in [-0.3, -0.25) is 4.79 Å². The van der Waals surface area contributed by atoms with Crippen molar-refractivity contribution in [2.75, 3.05) is 12.4 Å². The smallest absolute Gasteiger partial charge is 0.255 e. The SMILES string of the molecule is COCc1ccc(C(=O)Nc2ccc3ccccc3c2)cc1. The molecule has 3 nitrogen and oxygen atoms in total. The second-order valence-corrected chi connectivity index (χ2v) is 5.15. The van der Waals surface area contributed by atoms with Gasteiger partial charge in [0.05, 0.1) is 6.61 Å². The number of fused-ring (bicyclic) bond motifs is 1. The average Bonchev–Trinajstić information content (AvgIpc) is 2.56. The van der Waals surface area contributed by atoms with Crippen LogP contribution < -0.4 is 5.32 Å². The molecular weight excluding hydrogens is 274 g/mol. The molecule has 0 aliphatic rings. The molecule has 0 aliphatic heterocycles. The topological polar surface area (TPSA) is 38.3 Å². The lowest BCUT2D eigenvalue weighted by Gasteiger charge is -2.07. The summed E-state index contributed by atoms with van der Waals surface area (Å²) in [6.45, 7) is 0.548. The van der Waals surface area contributed by atoms with E-state index < -0.39 is 0 Å². The van der Waals surface area contributed by atoms with E-state index in [4.69, 9.17) is 4.74 Å². The number of methoxy groups -OCH3 is 1. The van der Waals surface area contributed by atoms with E-state index in [1.54, 1.807) is 7.11 Å². The summed E-state index contributed by atoms with van der Waals surface area (Å²) in [5, 5.41) is 5.20. The molecular formula is C19H17NO2. The molecule has 0 spiro atoms. The Morgan fingerprint density at radius 2 is 1.68 bits per heavy atom. The molecule has 0 saturated carbocycles. The van der Waals surface area contributed by atoms with E-state index in [0.717, 1.165) is 22.0 Å². The minimum atomic E-state index is -0.112. The molecule has 0 atom stereocenters. The minimum Gasteiger partial charge on any atom is -0.380 e. The molecule has 0 aliphatic carbocycles. The maximum absolute atomic E-state index is 12.3. The molecule has 22 heavy (non-hydrogen) atoms. The Bertz CT molecular complexity index is 794. The van der Waals surface area contributed by atoms with Crippen LogP contribution in [0.15, 0.2) is 66.7 Å². The molecule has 3 rings (SSSR count). The van der Waals surface area contributed by atoms with Crippen molar-refractivity contribution < 1.29 is 9.53 Å². The molecule has 3 aromatic rings. The van der Waals surface area contributed by atoms with Crippen LogP contribution in [0.5, 0.6) is 0 Å². The lowest BCUT2D eigenvalue weighted by Crippen LogP contribution is -2.11. The number of carbonyl (C=O) groups excluding carboxylic acids is 1.